The quantitative estimate of drug-likeness (QED) is 0.843. The van der Waals surface area contributed by atoms with Crippen LogP contribution in [0.2, 0.25) is 0 Å². The summed E-state index contributed by atoms with van der Waals surface area (Å²) in [4.78, 5) is 13.5. The Morgan fingerprint density at radius 1 is 1.39 bits per heavy atom. The zero-order chi connectivity index (χ0) is 13.3. The molecule has 0 spiro atoms. The number of sulfonamides is 1. The summed E-state index contributed by atoms with van der Waals surface area (Å²) in [5, 5.41) is 0. The molecule has 0 aliphatic carbocycles. The van der Waals surface area contributed by atoms with E-state index in [1.807, 2.05) is 0 Å². The molecule has 1 aromatic carbocycles. The van der Waals surface area contributed by atoms with E-state index >= 15 is 0 Å². The number of carbonyl (C=O) groups excluding carboxylic acids is 1. The van der Waals surface area contributed by atoms with Gasteiger partial charge in [-0.3, -0.25) is 4.79 Å². The summed E-state index contributed by atoms with van der Waals surface area (Å²) in [6.07, 6.45) is 0.383. The molecule has 1 aliphatic rings. The number of carbonyl (C=O) groups is 1. The van der Waals surface area contributed by atoms with Crippen molar-refractivity contribution in [1.29, 1.82) is 0 Å². The molecule has 1 N–H and O–H groups in total. The van der Waals surface area contributed by atoms with Crippen molar-refractivity contribution in [3.63, 3.8) is 0 Å². The molecule has 0 radical (unpaired) electrons. The molecule has 1 unspecified atom stereocenters. The smallest absolute Gasteiger partial charge is 0.242 e. The second-order valence-electron chi connectivity index (χ2n) is 3.98. The lowest BCUT2D eigenvalue weighted by Crippen LogP contribution is -2.28. The molecule has 7 heteroatoms. The number of hydrogen-bond donors (Lipinski definition) is 1. The van der Waals surface area contributed by atoms with Crippen molar-refractivity contribution in [2.45, 2.75) is 16.1 Å². The van der Waals surface area contributed by atoms with Gasteiger partial charge in [0.1, 0.15) is 4.90 Å². The maximum atomic E-state index is 11.9. The van der Waals surface area contributed by atoms with Crippen LogP contribution in [0.1, 0.15) is 6.42 Å². The number of anilines is 1. The second-order valence-corrected chi connectivity index (χ2v) is 7.13. The number of amides is 1. The monoisotopic (exact) mass is 332 g/mol. The van der Waals surface area contributed by atoms with Gasteiger partial charge in [-0.1, -0.05) is 28.1 Å². The predicted molar refractivity (Wildman–Crippen MR) is 72.4 cm³/mol. The van der Waals surface area contributed by atoms with Gasteiger partial charge >= 0.3 is 0 Å². The third-order valence-corrected chi connectivity index (χ3v) is 4.87. The summed E-state index contributed by atoms with van der Waals surface area (Å²) in [5.74, 6) is -0.0735. The summed E-state index contributed by atoms with van der Waals surface area (Å²) < 4.78 is 26.1. The Morgan fingerprint density at radius 3 is 2.61 bits per heavy atom. The molecular formula is C11H13BrN2O3S. The number of alkyl halides is 1. The zero-order valence-corrected chi connectivity index (χ0v) is 12.2. The van der Waals surface area contributed by atoms with E-state index in [9.17, 15) is 13.2 Å². The first-order valence-corrected chi connectivity index (χ1v) is 7.82. The van der Waals surface area contributed by atoms with Gasteiger partial charge in [-0.05, 0) is 19.2 Å². The van der Waals surface area contributed by atoms with Crippen LogP contribution in [0.3, 0.4) is 0 Å². The van der Waals surface area contributed by atoms with Crippen molar-refractivity contribution in [2.75, 3.05) is 18.5 Å². The first-order chi connectivity index (χ1) is 8.45. The Labute approximate surface area is 114 Å². The Balaban J connectivity index is 2.50. The molecule has 2 rings (SSSR count). The fourth-order valence-corrected chi connectivity index (χ4v) is 3.41. The van der Waals surface area contributed by atoms with Crippen LogP contribution >= 0.6 is 15.9 Å². The number of nitrogens with one attached hydrogen (secondary N) is 1. The average Bonchev–Trinajstić information content (AvgIpc) is 2.68. The fraction of sp³-hybridized carbons (Fsp3) is 0.364. The van der Waals surface area contributed by atoms with Gasteiger partial charge < -0.3 is 4.90 Å². The molecule has 1 aliphatic heterocycles. The number of benzene rings is 1. The lowest BCUT2D eigenvalue weighted by molar-refractivity contribution is -0.117. The standard InChI is InChI=1S/C11H13BrN2O3S/c1-13-18(16,17)10-5-3-2-4-9(10)14-7-8(12)6-11(14)15/h2-5,8,13H,6-7H2,1H3. The van der Waals surface area contributed by atoms with Crippen LogP contribution in [0, 0.1) is 0 Å². The normalized spacial score (nSPS) is 20.4. The van der Waals surface area contributed by atoms with Crippen molar-refractivity contribution in [2.24, 2.45) is 0 Å². The van der Waals surface area contributed by atoms with Crippen molar-refractivity contribution in [1.82, 2.24) is 4.72 Å². The number of rotatable bonds is 3. The minimum Gasteiger partial charge on any atom is -0.310 e. The van der Waals surface area contributed by atoms with Gasteiger partial charge in [0.2, 0.25) is 15.9 Å². The molecule has 5 nitrogen and oxygen atoms in total. The van der Waals surface area contributed by atoms with Gasteiger partial charge in [0.25, 0.3) is 0 Å². The van der Waals surface area contributed by atoms with Gasteiger partial charge in [-0.25, -0.2) is 13.1 Å². The highest BCUT2D eigenvalue weighted by molar-refractivity contribution is 9.09. The summed E-state index contributed by atoms with van der Waals surface area (Å²) in [6.45, 7) is 0.481. The molecule has 0 saturated carbocycles. The van der Waals surface area contributed by atoms with E-state index < -0.39 is 10.0 Å². The minimum atomic E-state index is -3.57. The molecule has 0 aromatic heterocycles. The van der Waals surface area contributed by atoms with E-state index in [1.54, 1.807) is 18.2 Å². The maximum absolute atomic E-state index is 11.9. The summed E-state index contributed by atoms with van der Waals surface area (Å²) in [7, 11) is -2.21. The molecule has 98 valence electrons. The molecule has 1 fully saturated rings. The van der Waals surface area contributed by atoms with Crippen LogP contribution in [-0.2, 0) is 14.8 Å². The number of halogens is 1. The van der Waals surface area contributed by atoms with E-state index in [-0.39, 0.29) is 15.6 Å². The van der Waals surface area contributed by atoms with Crippen LogP contribution in [-0.4, -0.2) is 32.7 Å². The molecule has 0 bridgehead atoms. The van der Waals surface area contributed by atoms with Crippen molar-refractivity contribution < 1.29 is 13.2 Å². The Bertz CT molecular complexity index is 573. The highest BCUT2D eigenvalue weighted by atomic mass is 79.9. The SMILES string of the molecule is CNS(=O)(=O)c1ccccc1N1CC(Br)CC1=O. The molecule has 1 aromatic rings. The minimum absolute atomic E-state index is 0.0651. The van der Waals surface area contributed by atoms with Gasteiger partial charge in [0.15, 0.2) is 0 Å². The Morgan fingerprint density at radius 2 is 2.06 bits per heavy atom. The molecule has 1 amide bonds. The van der Waals surface area contributed by atoms with Gasteiger partial charge in [0.05, 0.1) is 5.69 Å². The summed E-state index contributed by atoms with van der Waals surface area (Å²) >= 11 is 3.38. The topological polar surface area (TPSA) is 66.5 Å². The van der Waals surface area contributed by atoms with Crippen molar-refractivity contribution in [3.05, 3.63) is 24.3 Å². The Hall–Kier alpha value is -0.920. The van der Waals surface area contributed by atoms with Crippen LogP contribution in [0.5, 0.6) is 0 Å². The highest BCUT2D eigenvalue weighted by Gasteiger charge is 2.32. The van der Waals surface area contributed by atoms with E-state index in [2.05, 4.69) is 20.7 Å². The summed E-state index contributed by atoms with van der Waals surface area (Å²) in [5.41, 5.74) is 0.429. The van der Waals surface area contributed by atoms with Crippen molar-refractivity contribution >= 4 is 37.5 Å². The van der Waals surface area contributed by atoms with E-state index in [1.165, 1.54) is 18.0 Å². The molecule has 18 heavy (non-hydrogen) atoms. The number of hydrogen-bond acceptors (Lipinski definition) is 3. The third-order valence-electron chi connectivity index (χ3n) is 2.79. The lowest BCUT2D eigenvalue weighted by Gasteiger charge is -2.19. The van der Waals surface area contributed by atoms with Crippen molar-refractivity contribution in [3.8, 4) is 0 Å². The predicted octanol–water partition coefficient (Wildman–Crippen LogP) is 1.09. The second kappa shape index (κ2) is 4.99. The molecular weight excluding hydrogens is 320 g/mol. The molecule has 1 atom stereocenters. The van der Waals surface area contributed by atoms with E-state index in [0.29, 0.717) is 18.7 Å². The van der Waals surface area contributed by atoms with Gasteiger partial charge in [0, 0.05) is 17.8 Å². The van der Waals surface area contributed by atoms with Crippen LogP contribution in [0.25, 0.3) is 0 Å². The number of nitrogens with zero attached hydrogens (tertiary/aromatic N) is 1. The van der Waals surface area contributed by atoms with Crippen LogP contribution in [0.15, 0.2) is 29.2 Å². The largest absolute Gasteiger partial charge is 0.310 e. The van der Waals surface area contributed by atoms with E-state index in [4.69, 9.17) is 0 Å². The molecule has 1 saturated heterocycles. The van der Waals surface area contributed by atoms with Crippen LogP contribution in [0.4, 0.5) is 5.69 Å². The fourth-order valence-electron chi connectivity index (χ4n) is 1.91. The van der Waals surface area contributed by atoms with Gasteiger partial charge in [-0.15, -0.1) is 0 Å². The highest BCUT2D eigenvalue weighted by Crippen LogP contribution is 2.30. The Kier molecular flexibility index (Phi) is 3.74. The average molecular weight is 333 g/mol. The van der Waals surface area contributed by atoms with E-state index in [0.717, 1.165) is 0 Å². The summed E-state index contributed by atoms with van der Waals surface area (Å²) in [6, 6.07) is 6.50. The third kappa shape index (κ3) is 2.43. The molecule has 1 heterocycles. The maximum Gasteiger partial charge on any atom is 0.242 e. The zero-order valence-electron chi connectivity index (χ0n) is 9.76. The lowest BCUT2D eigenvalue weighted by atomic mass is 10.3. The first-order valence-electron chi connectivity index (χ1n) is 5.42. The van der Waals surface area contributed by atoms with Gasteiger partial charge in [-0.2, -0.15) is 0 Å². The number of para-hydroxylation sites is 1. The first kappa shape index (κ1) is 13.5. The van der Waals surface area contributed by atoms with Crippen LogP contribution < -0.4 is 9.62 Å².